The van der Waals surface area contributed by atoms with Crippen LogP contribution in [0.3, 0.4) is 0 Å². The summed E-state index contributed by atoms with van der Waals surface area (Å²) >= 11 is 0. The molecule has 106 valence electrons. The Bertz CT molecular complexity index is 637. The van der Waals surface area contributed by atoms with Gasteiger partial charge in [0, 0.05) is 18.5 Å². The Labute approximate surface area is 116 Å². The molecule has 0 amide bonds. The number of furan rings is 1. The molecular formula is C15H16FNO3. The lowest BCUT2D eigenvalue weighted by Crippen LogP contribution is -2.45. The molecule has 0 spiro atoms. The fraction of sp³-hybridized carbons (Fsp3) is 0.400. The summed E-state index contributed by atoms with van der Waals surface area (Å²) in [6, 6.07) is 5.78. The molecular weight excluding hydrogens is 261 g/mol. The number of fused-ring (bicyclic) bond motifs is 1. The molecule has 1 aromatic heterocycles. The predicted molar refractivity (Wildman–Crippen MR) is 72.4 cm³/mol. The fourth-order valence-electron chi connectivity index (χ4n) is 2.44. The van der Waals surface area contributed by atoms with E-state index in [4.69, 9.17) is 9.15 Å². The van der Waals surface area contributed by atoms with E-state index in [2.05, 4.69) is 11.8 Å². The van der Waals surface area contributed by atoms with Gasteiger partial charge in [0.2, 0.25) is 5.78 Å². The Morgan fingerprint density at radius 1 is 1.45 bits per heavy atom. The first-order valence-electron chi connectivity index (χ1n) is 6.74. The van der Waals surface area contributed by atoms with Crippen molar-refractivity contribution in [1.82, 2.24) is 4.90 Å². The van der Waals surface area contributed by atoms with Crippen LogP contribution in [0, 0.1) is 5.82 Å². The van der Waals surface area contributed by atoms with Gasteiger partial charge in [-0.25, -0.2) is 4.39 Å². The van der Waals surface area contributed by atoms with Crippen LogP contribution in [0.5, 0.6) is 0 Å². The highest BCUT2D eigenvalue weighted by Crippen LogP contribution is 2.22. The Morgan fingerprint density at radius 2 is 2.30 bits per heavy atom. The van der Waals surface area contributed by atoms with E-state index >= 15 is 0 Å². The van der Waals surface area contributed by atoms with E-state index in [1.54, 1.807) is 6.07 Å². The molecule has 0 N–H and O–H groups in total. The molecule has 4 nitrogen and oxygen atoms in total. The van der Waals surface area contributed by atoms with Gasteiger partial charge in [0.15, 0.2) is 5.76 Å². The maximum atomic E-state index is 13.1. The Morgan fingerprint density at radius 3 is 3.10 bits per heavy atom. The second-order valence-electron chi connectivity index (χ2n) is 4.91. The smallest absolute Gasteiger partial charge is 0.227 e. The minimum Gasteiger partial charge on any atom is -0.453 e. The monoisotopic (exact) mass is 277 g/mol. The SMILES string of the molecule is CCN1CCOC(C(=O)c2cc3cc(F)ccc3o2)C1. The number of halogens is 1. The normalized spacial score (nSPS) is 20.4. The maximum Gasteiger partial charge on any atom is 0.227 e. The third kappa shape index (κ3) is 2.46. The first-order chi connectivity index (χ1) is 9.67. The van der Waals surface area contributed by atoms with E-state index in [0.29, 0.717) is 24.1 Å². The molecule has 2 heterocycles. The topological polar surface area (TPSA) is 42.7 Å². The van der Waals surface area contributed by atoms with Gasteiger partial charge < -0.3 is 9.15 Å². The number of rotatable bonds is 3. The van der Waals surface area contributed by atoms with Crippen LogP contribution >= 0.6 is 0 Å². The number of Topliss-reactive ketones (excluding diaryl/α,β-unsaturated/α-hetero) is 1. The van der Waals surface area contributed by atoms with Crippen LogP contribution in [0.1, 0.15) is 17.5 Å². The highest BCUT2D eigenvalue weighted by molar-refractivity contribution is 6.00. The minimum atomic E-state index is -0.505. The van der Waals surface area contributed by atoms with Crippen molar-refractivity contribution in [2.45, 2.75) is 13.0 Å². The maximum absolute atomic E-state index is 13.1. The van der Waals surface area contributed by atoms with Crippen molar-refractivity contribution < 1.29 is 18.3 Å². The molecule has 1 aliphatic heterocycles. The van der Waals surface area contributed by atoms with Crippen molar-refractivity contribution in [2.24, 2.45) is 0 Å². The number of morpholine rings is 1. The van der Waals surface area contributed by atoms with Crippen LogP contribution in [-0.4, -0.2) is 43.0 Å². The van der Waals surface area contributed by atoms with Gasteiger partial charge in [-0.1, -0.05) is 6.92 Å². The third-order valence-electron chi connectivity index (χ3n) is 3.61. The Balaban J connectivity index is 1.84. The summed E-state index contributed by atoms with van der Waals surface area (Å²) in [6.45, 7) is 4.89. The third-order valence-corrected chi connectivity index (χ3v) is 3.61. The van der Waals surface area contributed by atoms with Gasteiger partial charge in [0.05, 0.1) is 6.61 Å². The highest BCUT2D eigenvalue weighted by atomic mass is 19.1. The molecule has 5 heteroatoms. The highest BCUT2D eigenvalue weighted by Gasteiger charge is 2.29. The van der Waals surface area contributed by atoms with Crippen LogP contribution < -0.4 is 0 Å². The van der Waals surface area contributed by atoms with E-state index in [-0.39, 0.29) is 17.4 Å². The molecule has 0 radical (unpaired) electrons. The van der Waals surface area contributed by atoms with Crippen LogP contribution in [0.4, 0.5) is 4.39 Å². The summed E-state index contributed by atoms with van der Waals surface area (Å²) in [7, 11) is 0. The number of carbonyl (C=O) groups is 1. The zero-order valence-electron chi connectivity index (χ0n) is 11.3. The van der Waals surface area contributed by atoms with Crippen LogP contribution in [0.15, 0.2) is 28.7 Å². The van der Waals surface area contributed by atoms with Crippen LogP contribution in [0.2, 0.25) is 0 Å². The average Bonchev–Trinajstić information content (AvgIpc) is 2.89. The first-order valence-corrected chi connectivity index (χ1v) is 6.74. The molecule has 1 atom stereocenters. The van der Waals surface area contributed by atoms with Crippen molar-refractivity contribution >= 4 is 16.8 Å². The number of hydrogen-bond donors (Lipinski definition) is 0. The summed E-state index contributed by atoms with van der Waals surface area (Å²) in [5.41, 5.74) is 0.512. The summed E-state index contributed by atoms with van der Waals surface area (Å²) in [5, 5.41) is 0.594. The van der Waals surface area contributed by atoms with Crippen LogP contribution in [-0.2, 0) is 4.74 Å². The van der Waals surface area contributed by atoms with E-state index in [9.17, 15) is 9.18 Å². The van der Waals surface area contributed by atoms with Crippen molar-refractivity contribution in [3.05, 3.63) is 35.8 Å². The molecule has 0 bridgehead atoms. The van der Waals surface area contributed by atoms with Gasteiger partial charge in [0.25, 0.3) is 0 Å². The van der Waals surface area contributed by atoms with Gasteiger partial charge in [-0.15, -0.1) is 0 Å². The lowest BCUT2D eigenvalue weighted by molar-refractivity contribution is -0.0160. The van der Waals surface area contributed by atoms with Gasteiger partial charge in [-0.05, 0) is 30.8 Å². The Kier molecular flexibility index (Phi) is 3.54. The van der Waals surface area contributed by atoms with Crippen molar-refractivity contribution in [1.29, 1.82) is 0 Å². The number of ether oxygens (including phenoxy) is 1. The number of carbonyl (C=O) groups excluding carboxylic acids is 1. The van der Waals surface area contributed by atoms with Crippen molar-refractivity contribution in [3.63, 3.8) is 0 Å². The van der Waals surface area contributed by atoms with E-state index in [0.717, 1.165) is 13.1 Å². The summed E-state index contributed by atoms with van der Waals surface area (Å²) in [6.07, 6.45) is -0.505. The van der Waals surface area contributed by atoms with Gasteiger partial charge >= 0.3 is 0 Å². The molecule has 1 aromatic carbocycles. The number of nitrogens with zero attached hydrogens (tertiary/aromatic N) is 1. The number of ketones is 1. The molecule has 1 unspecified atom stereocenters. The quantitative estimate of drug-likeness (QED) is 0.808. The zero-order valence-corrected chi connectivity index (χ0v) is 11.3. The van der Waals surface area contributed by atoms with Crippen molar-refractivity contribution in [2.75, 3.05) is 26.2 Å². The van der Waals surface area contributed by atoms with Gasteiger partial charge in [-0.2, -0.15) is 0 Å². The first kappa shape index (κ1) is 13.3. The minimum absolute atomic E-state index is 0.181. The predicted octanol–water partition coefficient (Wildman–Crippen LogP) is 2.48. The molecule has 2 aromatic rings. The molecule has 3 rings (SSSR count). The van der Waals surface area contributed by atoms with E-state index in [1.165, 1.54) is 18.2 Å². The van der Waals surface area contributed by atoms with Gasteiger partial charge in [-0.3, -0.25) is 9.69 Å². The lowest BCUT2D eigenvalue weighted by atomic mass is 10.1. The van der Waals surface area contributed by atoms with E-state index < -0.39 is 6.10 Å². The molecule has 1 aliphatic rings. The number of benzene rings is 1. The number of hydrogen-bond acceptors (Lipinski definition) is 4. The molecule has 0 aliphatic carbocycles. The molecule has 20 heavy (non-hydrogen) atoms. The number of likely N-dealkylation sites (N-methyl/N-ethyl adjacent to an activating group) is 1. The van der Waals surface area contributed by atoms with Crippen molar-refractivity contribution in [3.8, 4) is 0 Å². The fourth-order valence-corrected chi connectivity index (χ4v) is 2.44. The van der Waals surface area contributed by atoms with E-state index in [1.807, 2.05) is 0 Å². The largest absolute Gasteiger partial charge is 0.453 e. The second-order valence-corrected chi connectivity index (χ2v) is 4.91. The summed E-state index contributed by atoms with van der Waals surface area (Å²) in [5.74, 6) is -0.295. The standard InChI is InChI=1S/C15H16FNO3/c1-2-17-5-6-19-14(9-17)15(18)13-8-10-7-11(16)3-4-12(10)20-13/h3-4,7-8,14H,2,5-6,9H2,1H3. The molecule has 1 saturated heterocycles. The van der Waals surface area contributed by atoms with Crippen LogP contribution in [0.25, 0.3) is 11.0 Å². The average molecular weight is 277 g/mol. The second kappa shape index (κ2) is 5.34. The molecule has 1 fully saturated rings. The Hall–Kier alpha value is -1.72. The molecule has 0 saturated carbocycles. The summed E-state index contributed by atoms with van der Waals surface area (Å²) in [4.78, 5) is 14.5. The lowest BCUT2D eigenvalue weighted by Gasteiger charge is -2.30. The summed E-state index contributed by atoms with van der Waals surface area (Å²) < 4.78 is 24.2. The zero-order chi connectivity index (χ0) is 14.1. The van der Waals surface area contributed by atoms with Gasteiger partial charge in [0.1, 0.15) is 17.5 Å².